The van der Waals surface area contributed by atoms with Gasteiger partial charge in [-0.25, -0.2) is 4.39 Å². The number of alkyl halides is 1. The van der Waals surface area contributed by atoms with Gasteiger partial charge in [-0.05, 0) is 199 Å². The second kappa shape index (κ2) is 40.1. The number of hydrogen-bond donors (Lipinski definition) is 9. The second-order valence-corrected chi connectivity index (χ2v) is 26.9. The number of carbonyl (C=O) groups excluding carboxylic acids is 7. The van der Waals surface area contributed by atoms with Gasteiger partial charge >= 0.3 is 0 Å². The third-order valence-corrected chi connectivity index (χ3v) is 14.3. The van der Waals surface area contributed by atoms with Gasteiger partial charge in [0, 0.05) is 83.6 Å². The lowest BCUT2D eigenvalue weighted by atomic mass is 9.85. The topological polar surface area (TPSA) is 242 Å². The highest BCUT2D eigenvalue weighted by molar-refractivity contribution is 5.83. The minimum atomic E-state index is -0.876. The Balaban J connectivity index is 0.000000905. The molecule has 7 aliphatic rings. The minimum absolute atomic E-state index is 0.0815. The van der Waals surface area contributed by atoms with Crippen molar-refractivity contribution in [3.8, 4) is 0 Å². The van der Waals surface area contributed by atoms with Gasteiger partial charge in [0.25, 0.3) is 0 Å². The van der Waals surface area contributed by atoms with E-state index in [-0.39, 0.29) is 83.3 Å². The number of allylic oxidation sites excluding steroid dienone is 1. The van der Waals surface area contributed by atoms with Crippen LogP contribution >= 0.6 is 0 Å². The van der Waals surface area contributed by atoms with Crippen molar-refractivity contribution in [3.05, 3.63) is 12.3 Å². The SMILES string of the molecule is C=C(NC(C)C)C1CC1.CC(C)NC(=O)C1CC1(C)C.CC(C)NC(=O)C1CC1C.CC(C)NC(=O)C1CCC1.CC(C)NC(=O)C1CCCC1.CC(C)NC(=O)C1CCCCC1.CC(C)NC(=O)C1C[C@@H]1F.CC(C)NC(=O)CN. The van der Waals surface area contributed by atoms with Crippen molar-refractivity contribution >= 4 is 41.4 Å². The molecule has 0 saturated heterocycles. The summed E-state index contributed by atoms with van der Waals surface area (Å²) >= 11 is 0. The Kier molecular flexibility index (Phi) is 37.9. The van der Waals surface area contributed by atoms with E-state index in [1.165, 1.54) is 57.1 Å². The van der Waals surface area contributed by atoms with Crippen molar-refractivity contribution in [2.24, 2.45) is 58.5 Å². The first-order valence-corrected chi connectivity index (χ1v) is 31.5. The quantitative estimate of drug-likeness (QED) is 0.0672. The molecule has 10 N–H and O–H groups in total. The zero-order valence-electron chi connectivity index (χ0n) is 54.6. The fraction of sp³-hybridized carbons (Fsp3) is 0.859. The summed E-state index contributed by atoms with van der Waals surface area (Å²) in [7, 11) is 0. The molecule has 4 unspecified atom stereocenters. The number of carbonyl (C=O) groups is 7. The highest BCUT2D eigenvalue weighted by Crippen LogP contribution is 2.51. The lowest BCUT2D eigenvalue weighted by Crippen LogP contribution is -2.38. The van der Waals surface area contributed by atoms with Crippen LogP contribution in [0.2, 0.25) is 0 Å². The van der Waals surface area contributed by atoms with Gasteiger partial charge in [-0.2, -0.15) is 0 Å². The maximum absolute atomic E-state index is 12.2. The van der Waals surface area contributed by atoms with E-state index in [2.05, 4.69) is 83.7 Å². The zero-order chi connectivity index (χ0) is 62.3. The molecule has 7 aliphatic carbocycles. The molecule has 7 fully saturated rings. The van der Waals surface area contributed by atoms with Crippen LogP contribution < -0.4 is 48.3 Å². The third kappa shape index (κ3) is 39.0. The van der Waals surface area contributed by atoms with E-state index in [0.717, 1.165) is 57.3 Å². The summed E-state index contributed by atoms with van der Waals surface area (Å²) in [5.41, 5.74) is 6.51. The van der Waals surface area contributed by atoms with E-state index in [0.29, 0.717) is 66.2 Å². The number of rotatable bonds is 17. The number of nitrogens with one attached hydrogen (secondary N) is 8. The third-order valence-electron chi connectivity index (χ3n) is 14.3. The van der Waals surface area contributed by atoms with E-state index < -0.39 is 6.17 Å². The first kappa shape index (κ1) is 76.7. The van der Waals surface area contributed by atoms with Gasteiger partial charge < -0.3 is 48.3 Å². The number of hydrogen-bond acceptors (Lipinski definition) is 9. The molecule has 5 atom stereocenters. The molecule has 0 heterocycles. The van der Waals surface area contributed by atoms with Crippen molar-refractivity contribution in [1.29, 1.82) is 0 Å². The van der Waals surface area contributed by atoms with Crippen molar-refractivity contribution < 1.29 is 38.0 Å². The van der Waals surface area contributed by atoms with Crippen LogP contribution in [-0.4, -0.2) is 102 Å². The molecule has 7 rings (SSSR count). The summed E-state index contributed by atoms with van der Waals surface area (Å²) < 4.78 is 12.2. The van der Waals surface area contributed by atoms with Gasteiger partial charge in [0.1, 0.15) is 6.17 Å². The fourth-order valence-corrected chi connectivity index (χ4v) is 8.94. The first-order valence-electron chi connectivity index (χ1n) is 31.5. The standard InChI is InChI=1S/C10H19NO.2C9H17NO.2C8H15NO.C8H15N.C7H12FNO.C5H12N2O/c1-8(2)11-10(12)9-6-4-3-5-7-9;1-6(2)10-8(11)7-5-9(7,3)4;1-7(2)10-9(11)8-5-3-4-6-8;1-5(2)9-8(10)7-4-6(7)3;1-6(2)9-8(10)7-4-3-5-7;1-6(2)9-7(3)8-4-5-8;1-4(2)9-7(10)5-3-6(5)8;1-4(2)7-5(8)3-6/h8-9H,3-7H2,1-2H3,(H,11,12);6-7H,5H2,1-4H3,(H,10,11);7-8H,3-6H2,1-2H3,(H,10,11);5-7H,4H2,1-3H3,(H,9,10);6-7H,3-5H2,1-2H3,(H,9,10);6,8-9H,3-5H2,1-2H3;4-6H,3H2,1-2H3,(H,9,10);4H,3,6H2,1-2H3,(H,7,8)/t;;;;;;5?,6-;/m......0./s1. The Hall–Kier alpha value is -4.28. The molecule has 0 aromatic heterocycles. The Morgan fingerprint density at radius 2 is 0.716 bits per heavy atom. The normalized spacial score (nSPS) is 21.9. The molecule has 81 heavy (non-hydrogen) atoms. The van der Waals surface area contributed by atoms with E-state index in [1.54, 1.807) is 0 Å². The van der Waals surface area contributed by atoms with E-state index in [1.807, 2.05) is 96.9 Å². The molecule has 0 aliphatic heterocycles. The molecule has 0 aromatic rings. The van der Waals surface area contributed by atoms with Crippen LogP contribution in [-0.2, 0) is 33.6 Å². The maximum atomic E-state index is 12.2. The van der Waals surface area contributed by atoms with Gasteiger partial charge in [0.15, 0.2) is 0 Å². The average molecular weight is 1150 g/mol. The average Bonchev–Trinajstić information content (AvgIpc) is 4.23. The van der Waals surface area contributed by atoms with Gasteiger partial charge in [-0.1, -0.05) is 65.9 Å². The number of nitrogens with two attached hydrogens (primary N) is 1. The smallest absolute Gasteiger partial charge is 0.233 e. The Labute approximate surface area is 492 Å². The Morgan fingerprint density at radius 3 is 0.951 bits per heavy atom. The molecule has 16 nitrogen and oxygen atoms in total. The van der Waals surface area contributed by atoms with Crippen LogP contribution in [0.3, 0.4) is 0 Å². The molecule has 0 bridgehead atoms. The fourth-order valence-electron chi connectivity index (χ4n) is 8.94. The Morgan fingerprint density at radius 1 is 0.432 bits per heavy atom. The van der Waals surface area contributed by atoms with E-state index >= 15 is 0 Å². The molecule has 472 valence electrons. The summed E-state index contributed by atoms with van der Waals surface area (Å²) in [5.74, 6) is 3.64. The molecular weight excluding hydrogens is 1030 g/mol. The number of halogens is 1. The van der Waals surface area contributed by atoms with Gasteiger partial charge in [-0.15, -0.1) is 0 Å². The summed E-state index contributed by atoms with van der Waals surface area (Å²) in [6, 6.07) is 2.33. The van der Waals surface area contributed by atoms with Gasteiger partial charge in [0.05, 0.1) is 12.5 Å². The lowest BCUT2D eigenvalue weighted by Gasteiger charge is -2.25. The van der Waals surface area contributed by atoms with E-state index in [9.17, 15) is 38.0 Å². The number of amides is 7. The van der Waals surface area contributed by atoms with E-state index in [4.69, 9.17) is 5.73 Å². The predicted octanol–water partition coefficient (Wildman–Crippen LogP) is 10.1. The Bertz CT molecular complexity index is 1760. The van der Waals surface area contributed by atoms with Crippen molar-refractivity contribution in [3.63, 3.8) is 0 Å². The first-order chi connectivity index (χ1) is 37.6. The largest absolute Gasteiger partial charge is 0.386 e. The monoisotopic (exact) mass is 1150 g/mol. The molecule has 7 saturated carbocycles. The molecule has 0 aromatic carbocycles. The van der Waals surface area contributed by atoms with Crippen LogP contribution in [0.15, 0.2) is 12.3 Å². The summed E-state index contributed by atoms with van der Waals surface area (Å²) in [5, 5.41) is 23.2. The van der Waals surface area contributed by atoms with Gasteiger partial charge in [-0.3, -0.25) is 33.6 Å². The predicted molar refractivity (Wildman–Crippen MR) is 330 cm³/mol. The maximum Gasteiger partial charge on any atom is 0.233 e. The van der Waals surface area contributed by atoms with Crippen LogP contribution in [0, 0.1) is 52.8 Å². The highest BCUT2D eigenvalue weighted by Gasteiger charge is 2.50. The zero-order valence-corrected chi connectivity index (χ0v) is 54.6. The minimum Gasteiger partial charge on any atom is -0.386 e. The lowest BCUT2D eigenvalue weighted by molar-refractivity contribution is -0.128. The van der Waals surface area contributed by atoms with Crippen LogP contribution in [0.25, 0.3) is 0 Å². The summed E-state index contributed by atoms with van der Waals surface area (Å²) in [6.45, 7) is 42.2. The molecular formula is C64H122FN9O7. The summed E-state index contributed by atoms with van der Waals surface area (Å²) in [4.78, 5) is 77.7. The van der Waals surface area contributed by atoms with Gasteiger partial charge in [0.2, 0.25) is 41.4 Å². The highest BCUT2D eigenvalue weighted by atomic mass is 19.1. The molecule has 17 heteroatoms. The van der Waals surface area contributed by atoms with Crippen molar-refractivity contribution in [2.45, 2.75) is 295 Å². The second-order valence-electron chi connectivity index (χ2n) is 26.9. The molecule has 0 radical (unpaired) electrons. The van der Waals surface area contributed by atoms with Crippen LogP contribution in [0.5, 0.6) is 0 Å². The van der Waals surface area contributed by atoms with Crippen LogP contribution in [0.4, 0.5) is 4.39 Å². The van der Waals surface area contributed by atoms with Crippen LogP contribution in [0.1, 0.15) is 241 Å². The summed E-state index contributed by atoms with van der Waals surface area (Å²) in [6.07, 6.45) is 18.4. The molecule has 0 spiro atoms. The van der Waals surface area contributed by atoms with Crippen molar-refractivity contribution in [1.82, 2.24) is 42.5 Å². The molecule has 7 amide bonds. The van der Waals surface area contributed by atoms with Crippen molar-refractivity contribution in [2.75, 3.05) is 6.54 Å².